The lowest BCUT2D eigenvalue weighted by Gasteiger charge is -2.26. The molecule has 2 aromatic rings. The number of carbonyl (C=O) groups is 1. The van der Waals surface area contributed by atoms with Crippen LogP contribution in [-0.4, -0.2) is 50.1 Å². The fourth-order valence-electron chi connectivity index (χ4n) is 2.73. The van der Waals surface area contributed by atoms with Gasteiger partial charge in [-0.15, -0.1) is 12.4 Å². The molecule has 0 saturated carbocycles. The lowest BCUT2D eigenvalue weighted by molar-refractivity contribution is 0.0921. The Balaban J connectivity index is 0.00000176. The van der Waals surface area contributed by atoms with Gasteiger partial charge >= 0.3 is 0 Å². The quantitative estimate of drug-likeness (QED) is 0.901. The maximum Gasteiger partial charge on any atom is 0.287 e. The number of carbonyl (C=O) groups excluding carboxylic acids is 1. The molecule has 1 aromatic carbocycles. The molecule has 1 aromatic heterocycles. The van der Waals surface area contributed by atoms with E-state index in [1.54, 1.807) is 0 Å². The van der Waals surface area contributed by atoms with Gasteiger partial charge in [0.25, 0.3) is 5.91 Å². The molecule has 5 nitrogen and oxygen atoms in total. The lowest BCUT2D eigenvalue weighted by Crippen LogP contribution is -2.46. The van der Waals surface area contributed by atoms with Crippen molar-refractivity contribution in [1.82, 2.24) is 15.5 Å². The van der Waals surface area contributed by atoms with E-state index in [0.29, 0.717) is 12.3 Å². The Morgan fingerprint density at radius 1 is 1.32 bits per heavy atom. The first-order valence-corrected chi connectivity index (χ1v) is 7.45. The van der Waals surface area contributed by atoms with Crippen LogP contribution in [0.1, 0.15) is 16.1 Å². The molecule has 0 bridgehead atoms. The minimum absolute atomic E-state index is 0. The van der Waals surface area contributed by atoms with Crippen molar-refractivity contribution < 1.29 is 9.21 Å². The predicted octanol–water partition coefficient (Wildman–Crippen LogP) is 1.80. The molecule has 6 heteroatoms. The van der Waals surface area contributed by atoms with Crippen LogP contribution in [-0.2, 0) is 0 Å². The van der Waals surface area contributed by atoms with Crippen molar-refractivity contribution in [2.24, 2.45) is 0 Å². The van der Waals surface area contributed by atoms with Gasteiger partial charge in [0.05, 0.1) is 0 Å². The van der Waals surface area contributed by atoms with Gasteiger partial charge in [0.2, 0.25) is 0 Å². The summed E-state index contributed by atoms with van der Waals surface area (Å²) in [6.07, 6.45) is 0. The van der Waals surface area contributed by atoms with Crippen molar-refractivity contribution in [3.05, 3.63) is 35.6 Å². The zero-order valence-electron chi connectivity index (χ0n) is 12.7. The highest BCUT2D eigenvalue weighted by Gasteiger charge is 2.17. The van der Waals surface area contributed by atoms with Gasteiger partial charge in [-0.25, -0.2) is 0 Å². The second-order valence-corrected chi connectivity index (χ2v) is 5.40. The van der Waals surface area contributed by atoms with E-state index >= 15 is 0 Å². The molecule has 2 heterocycles. The van der Waals surface area contributed by atoms with Crippen molar-refractivity contribution in [2.75, 3.05) is 39.3 Å². The zero-order valence-corrected chi connectivity index (χ0v) is 13.5. The molecule has 120 valence electrons. The minimum atomic E-state index is -0.126. The fourth-order valence-corrected chi connectivity index (χ4v) is 2.73. The Morgan fingerprint density at radius 2 is 2.05 bits per heavy atom. The number of nitrogens with zero attached hydrogens (tertiary/aromatic N) is 1. The molecule has 0 aliphatic carbocycles. The van der Waals surface area contributed by atoms with Gasteiger partial charge in [0.1, 0.15) is 5.58 Å². The fraction of sp³-hybridized carbons (Fsp3) is 0.438. The number of amides is 1. The monoisotopic (exact) mass is 323 g/mol. The molecule has 1 aliphatic rings. The number of para-hydroxylation sites is 1. The Kier molecular flexibility index (Phi) is 5.83. The molecule has 0 radical (unpaired) electrons. The molecule has 2 N–H and O–H groups in total. The summed E-state index contributed by atoms with van der Waals surface area (Å²) in [6.45, 7) is 7.59. The topological polar surface area (TPSA) is 57.5 Å². The molecule has 3 rings (SSSR count). The van der Waals surface area contributed by atoms with Gasteiger partial charge in [0, 0.05) is 50.2 Å². The maximum absolute atomic E-state index is 12.2. The van der Waals surface area contributed by atoms with Crippen LogP contribution < -0.4 is 10.6 Å². The first-order chi connectivity index (χ1) is 10.3. The van der Waals surface area contributed by atoms with E-state index in [1.807, 2.05) is 31.2 Å². The van der Waals surface area contributed by atoms with E-state index in [1.165, 1.54) is 0 Å². The van der Waals surface area contributed by atoms with Crippen LogP contribution in [0.15, 0.2) is 28.7 Å². The average Bonchev–Trinajstić information content (AvgIpc) is 2.86. The number of benzene rings is 1. The van der Waals surface area contributed by atoms with Gasteiger partial charge in [-0.1, -0.05) is 18.2 Å². The van der Waals surface area contributed by atoms with E-state index in [9.17, 15) is 4.79 Å². The predicted molar refractivity (Wildman–Crippen MR) is 89.8 cm³/mol. The third-order valence-corrected chi connectivity index (χ3v) is 3.97. The van der Waals surface area contributed by atoms with Crippen LogP contribution in [0.4, 0.5) is 0 Å². The number of furan rings is 1. The van der Waals surface area contributed by atoms with Crippen LogP contribution in [0.3, 0.4) is 0 Å². The number of nitrogens with one attached hydrogen (secondary N) is 2. The second-order valence-electron chi connectivity index (χ2n) is 5.40. The smallest absolute Gasteiger partial charge is 0.287 e. The van der Waals surface area contributed by atoms with Crippen molar-refractivity contribution >= 4 is 29.3 Å². The van der Waals surface area contributed by atoms with Gasteiger partial charge in [0.15, 0.2) is 5.76 Å². The van der Waals surface area contributed by atoms with E-state index in [0.717, 1.165) is 49.3 Å². The second kappa shape index (κ2) is 7.63. The highest BCUT2D eigenvalue weighted by atomic mass is 35.5. The van der Waals surface area contributed by atoms with Crippen LogP contribution >= 0.6 is 12.4 Å². The Hall–Kier alpha value is -1.56. The van der Waals surface area contributed by atoms with Gasteiger partial charge in [-0.3, -0.25) is 9.69 Å². The summed E-state index contributed by atoms with van der Waals surface area (Å²) in [7, 11) is 0. The first-order valence-electron chi connectivity index (χ1n) is 7.45. The number of fused-ring (bicyclic) bond motifs is 1. The minimum Gasteiger partial charge on any atom is -0.451 e. The summed E-state index contributed by atoms with van der Waals surface area (Å²) in [5.74, 6) is 0.301. The van der Waals surface area contributed by atoms with Gasteiger partial charge < -0.3 is 15.1 Å². The third-order valence-electron chi connectivity index (χ3n) is 3.97. The summed E-state index contributed by atoms with van der Waals surface area (Å²) in [5, 5.41) is 7.28. The molecule has 1 aliphatic heterocycles. The maximum atomic E-state index is 12.2. The van der Waals surface area contributed by atoms with Crippen molar-refractivity contribution in [3.8, 4) is 0 Å². The first kappa shape index (κ1) is 16.8. The summed E-state index contributed by atoms with van der Waals surface area (Å²) >= 11 is 0. The van der Waals surface area contributed by atoms with Crippen LogP contribution in [0.5, 0.6) is 0 Å². The lowest BCUT2D eigenvalue weighted by atomic mass is 10.1. The largest absolute Gasteiger partial charge is 0.451 e. The zero-order chi connectivity index (χ0) is 14.7. The molecule has 1 saturated heterocycles. The number of hydrogen-bond acceptors (Lipinski definition) is 4. The van der Waals surface area contributed by atoms with Crippen LogP contribution in [0.25, 0.3) is 11.0 Å². The molecular weight excluding hydrogens is 302 g/mol. The normalized spacial score (nSPS) is 15.5. The summed E-state index contributed by atoms with van der Waals surface area (Å²) in [5.41, 5.74) is 1.67. The van der Waals surface area contributed by atoms with Crippen molar-refractivity contribution in [3.63, 3.8) is 0 Å². The molecule has 22 heavy (non-hydrogen) atoms. The number of rotatable bonds is 4. The van der Waals surface area contributed by atoms with E-state index in [2.05, 4.69) is 15.5 Å². The molecule has 1 amide bonds. The van der Waals surface area contributed by atoms with Crippen LogP contribution in [0.2, 0.25) is 0 Å². The summed E-state index contributed by atoms with van der Waals surface area (Å²) in [6, 6.07) is 7.74. The van der Waals surface area contributed by atoms with E-state index in [4.69, 9.17) is 4.42 Å². The summed E-state index contributed by atoms with van der Waals surface area (Å²) < 4.78 is 5.67. The van der Waals surface area contributed by atoms with E-state index in [-0.39, 0.29) is 18.3 Å². The third kappa shape index (κ3) is 3.61. The Labute approximate surface area is 136 Å². The molecule has 0 unspecified atom stereocenters. The molecule has 1 fully saturated rings. The van der Waals surface area contributed by atoms with Crippen LogP contribution in [0, 0.1) is 6.92 Å². The summed E-state index contributed by atoms with van der Waals surface area (Å²) in [4.78, 5) is 14.6. The number of piperazine rings is 1. The highest BCUT2D eigenvalue weighted by Crippen LogP contribution is 2.24. The number of aryl methyl sites for hydroxylation is 1. The highest BCUT2D eigenvalue weighted by molar-refractivity contribution is 5.98. The molecule has 0 spiro atoms. The molecular formula is C16H22ClN3O2. The number of halogens is 1. The average molecular weight is 324 g/mol. The van der Waals surface area contributed by atoms with Crippen molar-refractivity contribution in [2.45, 2.75) is 6.92 Å². The van der Waals surface area contributed by atoms with Crippen molar-refractivity contribution in [1.29, 1.82) is 0 Å². The molecule has 0 atom stereocenters. The van der Waals surface area contributed by atoms with Gasteiger partial charge in [-0.2, -0.15) is 0 Å². The Bertz CT molecular complexity index is 635. The SMILES string of the molecule is Cc1c(C(=O)NCCN2CCNCC2)oc2ccccc12.Cl. The van der Waals surface area contributed by atoms with E-state index < -0.39 is 0 Å². The van der Waals surface area contributed by atoms with Gasteiger partial charge in [-0.05, 0) is 13.0 Å². The Morgan fingerprint density at radius 3 is 2.77 bits per heavy atom. The standard InChI is InChI=1S/C16H21N3O2.ClH/c1-12-13-4-2-3-5-14(13)21-15(12)16(20)18-8-11-19-9-6-17-7-10-19;/h2-5,17H,6-11H2,1H3,(H,18,20);1H. The number of hydrogen-bond donors (Lipinski definition) is 2.